The van der Waals surface area contributed by atoms with Crippen LogP contribution in [0.3, 0.4) is 0 Å². The van der Waals surface area contributed by atoms with E-state index in [1.165, 1.54) is 0 Å². The van der Waals surface area contributed by atoms with Gasteiger partial charge in [0.15, 0.2) is 17.4 Å². The van der Waals surface area contributed by atoms with Crippen molar-refractivity contribution in [2.75, 3.05) is 12.3 Å². The molecule has 3 rings (SSSR count). The maximum atomic E-state index is 11.9. The number of aliphatic hydroxyl groups is 2. The van der Waals surface area contributed by atoms with Crippen molar-refractivity contribution in [2.45, 2.75) is 24.5 Å². The molecule has 0 amide bonds. The summed E-state index contributed by atoms with van der Waals surface area (Å²) < 4.78 is 52.3. The van der Waals surface area contributed by atoms with Crippen LogP contribution in [0.5, 0.6) is 0 Å². The quantitative estimate of drug-likeness (QED) is 0.168. The number of aliphatic hydroxyl groups excluding tert-OH is 2. The SMILES string of the molecule is Nc1nc2c(ncn2[C@@H]2O[C@H](COP(=O)(O)OP(=O)(O)OP(N)(=O)O)[C@@H](O)[C@H]2O)c(=O)[nH]1. The van der Waals surface area contributed by atoms with E-state index < -0.39 is 60.1 Å². The Morgan fingerprint density at radius 2 is 1.81 bits per heavy atom. The van der Waals surface area contributed by atoms with E-state index in [1.807, 2.05) is 0 Å². The maximum Gasteiger partial charge on any atom is 0.489 e. The topological polar surface area (TPSA) is 305 Å². The second-order valence-electron chi connectivity index (χ2n) is 6.28. The van der Waals surface area contributed by atoms with Crippen molar-refractivity contribution in [3.63, 3.8) is 0 Å². The lowest BCUT2D eigenvalue weighted by Gasteiger charge is -2.19. The lowest BCUT2D eigenvalue weighted by atomic mass is 10.1. The van der Waals surface area contributed by atoms with Crippen LogP contribution in [-0.2, 0) is 31.6 Å². The number of hydrogen-bond donors (Lipinski definition) is 8. The van der Waals surface area contributed by atoms with Crippen LogP contribution in [0.2, 0.25) is 0 Å². The van der Waals surface area contributed by atoms with Crippen LogP contribution < -0.4 is 16.8 Å². The molecule has 1 fully saturated rings. The maximum absolute atomic E-state index is 11.9. The van der Waals surface area contributed by atoms with Crippen LogP contribution in [0.1, 0.15) is 6.23 Å². The number of nitrogens with two attached hydrogens (primary N) is 2. The third-order valence-electron chi connectivity index (χ3n) is 3.89. The second kappa shape index (κ2) is 8.66. The molecular weight excluding hydrogens is 505 g/mol. The van der Waals surface area contributed by atoms with Gasteiger partial charge in [-0.3, -0.25) is 18.9 Å². The minimum Gasteiger partial charge on any atom is -0.387 e. The number of nitrogen functional groups attached to an aromatic ring is 1. The lowest BCUT2D eigenvalue weighted by molar-refractivity contribution is -0.0503. The van der Waals surface area contributed by atoms with Gasteiger partial charge in [0.1, 0.15) is 18.3 Å². The summed E-state index contributed by atoms with van der Waals surface area (Å²) in [6, 6.07) is 0. The number of hydrogen-bond acceptors (Lipinski definition) is 13. The molecule has 3 unspecified atom stereocenters. The molecule has 180 valence electrons. The number of nitrogens with one attached hydrogen (secondary N) is 1. The summed E-state index contributed by atoms with van der Waals surface area (Å²) in [6.45, 7) is -0.981. The highest BCUT2D eigenvalue weighted by Crippen LogP contribution is 2.65. The molecule has 0 saturated carbocycles. The van der Waals surface area contributed by atoms with Gasteiger partial charge in [-0.2, -0.15) is 13.6 Å². The Morgan fingerprint density at radius 1 is 1.16 bits per heavy atom. The Bertz CT molecular complexity index is 1210. The predicted molar refractivity (Wildman–Crippen MR) is 100 cm³/mol. The molecule has 2 aromatic rings. The standard InChI is InChI=1S/C10H17N6O13P3/c11-10-14-7-4(8(19)15-10)13-2-16(7)9-6(18)5(17)3(27-9)1-26-31(22,23)29-32(24,25)28-30(12,20)21/h2-3,5-6,9,17-18H,1H2,(H,22,23)(H,24,25)(H3,12,20,21)(H3,11,14,15,19)/t3-,5-,6-,9-/m1/s1. The molecule has 0 radical (unpaired) electrons. The van der Waals surface area contributed by atoms with Gasteiger partial charge >= 0.3 is 23.4 Å². The zero-order chi connectivity index (χ0) is 24.1. The Balaban J connectivity index is 1.72. The van der Waals surface area contributed by atoms with Crippen LogP contribution >= 0.6 is 23.4 Å². The van der Waals surface area contributed by atoms with Crippen LogP contribution in [-0.4, -0.2) is 69.3 Å². The Hall–Kier alpha value is -1.56. The van der Waals surface area contributed by atoms with Crippen molar-refractivity contribution in [3.8, 4) is 0 Å². The molecule has 0 aliphatic carbocycles. The van der Waals surface area contributed by atoms with Gasteiger partial charge in [-0.1, -0.05) is 0 Å². The zero-order valence-corrected chi connectivity index (χ0v) is 18.1. The number of phosphoric ester groups is 1. The van der Waals surface area contributed by atoms with Crippen LogP contribution in [0.15, 0.2) is 11.1 Å². The number of aromatic amines is 1. The van der Waals surface area contributed by atoms with Gasteiger partial charge in [-0.25, -0.2) is 24.2 Å². The van der Waals surface area contributed by atoms with E-state index >= 15 is 0 Å². The fourth-order valence-corrected chi connectivity index (χ4v) is 5.85. The van der Waals surface area contributed by atoms with E-state index in [2.05, 4.69) is 33.6 Å². The summed E-state index contributed by atoms with van der Waals surface area (Å²) in [5, 5.41) is 20.4. The highest BCUT2D eigenvalue weighted by atomic mass is 31.3. The monoisotopic (exact) mass is 522 g/mol. The van der Waals surface area contributed by atoms with Crippen molar-refractivity contribution in [1.29, 1.82) is 0 Å². The first kappa shape index (κ1) is 25.1. The molecule has 3 heterocycles. The Labute approximate surface area is 176 Å². The fourth-order valence-electron chi connectivity index (χ4n) is 2.71. The zero-order valence-electron chi connectivity index (χ0n) is 15.4. The minimum atomic E-state index is -5.61. The van der Waals surface area contributed by atoms with E-state index in [4.69, 9.17) is 15.4 Å². The summed E-state index contributed by atoms with van der Waals surface area (Å²) in [7, 11) is -16.1. The van der Waals surface area contributed by atoms with Gasteiger partial charge in [-0.15, -0.1) is 0 Å². The molecule has 1 aliphatic heterocycles. The van der Waals surface area contributed by atoms with Gasteiger partial charge in [0.2, 0.25) is 5.95 Å². The largest absolute Gasteiger partial charge is 0.489 e. The van der Waals surface area contributed by atoms with Gasteiger partial charge < -0.3 is 35.4 Å². The molecular formula is C10H17N6O13P3. The molecule has 2 aromatic heterocycles. The predicted octanol–water partition coefficient (Wildman–Crippen LogP) is -2.37. The minimum absolute atomic E-state index is 0.103. The number of nitrogens with zero attached hydrogens (tertiary/aromatic N) is 3. The Kier molecular flexibility index (Phi) is 6.78. The van der Waals surface area contributed by atoms with Crippen molar-refractivity contribution in [1.82, 2.24) is 19.5 Å². The lowest BCUT2D eigenvalue weighted by Crippen LogP contribution is -2.33. The molecule has 0 aromatic carbocycles. The van der Waals surface area contributed by atoms with E-state index in [0.717, 1.165) is 10.9 Å². The third-order valence-corrected chi connectivity index (χ3v) is 7.78. The smallest absolute Gasteiger partial charge is 0.387 e. The molecule has 1 saturated heterocycles. The molecule has 19 nitrogen and oxygen atoms in total. The number of anilines is 1. The summed E-state index contributed by atoms with van der Waals surface area (Å²) in [6.07, 6.45) is -5.24. The molecule has 7 atom stereocenters. The number of fused-ring (bicyclic) bond motifs is 1. The number of imidazole rings is 1. The molecule has 0 bridgehead atoms. The van der Waals surface area contributed by atoms with Crippen molar-refractivity contribution < 1.29 is 56.5 Å². The second-order valence-corrected chi connectivity index (χ2v) is 10.8. The highest BCUT2D eigenvalue weighted by Gasteiger charge is 2.46. The van der Waals surface area contributed by atoms with Gasteiger partial charge in [0.25, 0.3) is 5.56 Å². The van der Waals surface area contributed by atoms with Gasteiger partial charge in [0.05, 0.1) is 12.9 Å². The van der Waals surface area contributed by atoms with Crippen molar-refractivity contribution in [3.05, 3.63) is 16.7 Å². The van der Waals surface area contributed by atoms with Crippen molar-refractivity contribution >= 4 is 40.5 Å². The highest BCUT2D eigenvalue weighted by molar-refractivity contribution is 7.67. The molecule has 22 heteroatoms. The summed E-state index contributed by atoms with van der Waals surface area (Å²) in [5.74, 6) is -0.268. The molecule has 10 N–H and O–H groups in total. The third kappa shape index (κ3) is 5.67. The van der Waals surface area contributed by atoms with Crippen molar-refractivity contribution in [2.24, 2.45) is 5.50 Å². The number of H-pyrrole nitrogens is 1. The molecule has 32 heavy (non-hydrogen) atoms. The first-order valence-electron chi connectivity index (χ1n) is 8.17. The fraction of sp³-hybridized carbons (Fsp3) is 0.500. The number of phosphoric acid groups is 2. The number of rotatable bonds is 8. The number of ether oxygens (including phenoxy) is 1. The number of aromatic nitrogens is 4. The average molecular weight is 522 g/mol. The van der Waals surface area contributed by atoms with Crippen LogP contribution in [0.4, 0.5) is 5.95 Å². The van der Waals surface area contributed by atoms with Crippen LogP contribution in [0, 0.1) is 0 Å². The van der Waals surface area contributed by atoms with Gasteiger partial charge in [-0.05, 0) is 0 Å². The first-order chi connectivity index (χ1) is 14.6. The van der Waals surface area contributed by atoms with E-state index in [9.17, 15) is 38.5 Å². The van der Waals surface area contributed by atoms with Crippen LogP contribution in [0.25, 0.3) is 11.2 Å². The summed E-state index contributed by atoms with van der Waals surface area (Å²) in [5.41, 5.74) is 9.05. The Morgan fingerprint density at radius 3 is 2.44 bits per heavy atom. The average Bonchev–Trinajstić information content (AvgIpc) is 3.12. The summed E-state index contributed by atoms with van der Waals surface area (Å²) >= 11 is 0. The van der Waals surface area contributed by atoms with E-state index in [0.29, 0.717) is 0 Å². The van der Waals surface area contributed by atoms with Gasteiger partial charge in [0, 0.05) is 0 Å². The molecule has 0 spiro atoms. The molecule has 1 aliphatic rings. The van der Waals surface area contributed by atoms with E-state index in [-0.39, 0.29) is 17.1 Å². The summed E-state index contributed by atoms with van der Waals surface area (Å²) in [4.78, 5) is 49.2. The first-order valence-corrected chi connectivity index (χ1v) is 12.8. The van der Waals surface area contributed by atoms with E-state index in [1.54, 1.807) is 0 Å². The normalized spacial score (nSPS) is 29.4.